The second kappa shape index (κ2) is 8.03. The first-order valence-electron chi connectivity index (χ1n) is 7.30. The van der Waals surface area contributed by atoms with E-state index in [-0.39, 0.29) is 0 Å². The van der Waals surface area contributed by atoms with Crippen molar-refractivity contribution in [3.63, 3.8) is 0 Å². The van der Waals surface area contributed by atoms with Gasteiger partial charge in [0, 0.05) is 55.0 Å². The standard InChI is InChI=1S/C13H14IN3OS.C2H6/c14-19-17-9-12(11-3-1-2-4-13(11)17)10-5-7-16(15-18)8-6-10;1-2/h1-4,9-10H,5-8H2;1-2H3. The second-order valence-electron chi connectivity index (χ2n) is 4.81. The third-order valence-electron chi connectivity index (χ3n) is 3.81. The fourth-order valence-electron chi connectivity index (χ4n) is 2.82. The number of aromatic nitrogens is 1. The quantitative estimate of drug-likeness (QED) is 0.498. The fraction of sp³-hybridized carbons (Fsp3) is 0.467. The van der Waals surface area contributed by atoms with Crippen LogP contribution in [0.25, 0.3) is 10.9 Å². The number of nitroso groups, excluding NO2 is 1. The van der Waals surface area contributed by atoms with Gasteiger partial charge in [-0.15, -0.1) is 4.91 Å². The molecular weight excluding hydrogens is 397 g/mol. The van der Waals surface area contributed by atoms with Gasteiger partial charge < -0.3 is 0 Å². The van der Waals surface area contributed by atoms with Crippen LogP contribution in [0.5, 0.6) is 0 Å². The summed E-state index contributed by atoms with van der Waals surface area (Å²) in [6.45, 7) is 5.54. The molecule has 0 amide bonds. The van der Waals surface area contributed by atoms with Gasteiger partial charge in [-0.2, -0.15) is 0 Å². The van der Waals surface area contributed by atoms with Crippen molar-refractivity contribution in [2.75, 3.05) is 13.1 Å². The molecule has 4 nitrogen and oxygen atoms in total. The number of halogens is 1. The van der Waals surface area contributed by atoms with Crippen LogP contribution >= 0.6 is 30.3 Å². The van der Waals surface area contributed by atoms with Crippen LogP contribution in [-0.2, 0) is 0 Å². The molecule has 1 aromatic carbocycles. The van der Waals surface area contributed by atoms with E-state index in [4.69, 9.17) is 0 Å². The first kappa shape index (κ1) is 16.6. The number of fused-ring (bicyclic) bond motifs is 1. The van der Waals surface area contributed by atoms with Crippen LogP contribution in [-0.4, -0.2) is 22.1 Å². The van der Waals surface area contributed by atoms with Gasteiger partial charge >= 0.3 is 0 Å². The molecule has 6 heteroatoms. The van der Waals surface area contributed by atoms with Crippen molar-refractivity contribution < 1.29 is 0 Å². The number of para-hydroxylation sites is 1. The lowest BCUT2D eigenvalue weighted by molar-refractivity contribution is 0.218. The van der Waals surface area contributed by atoms with E-state index >= 15 is 0 Å². The zero-order valence-electron chi connectivity index (χ0n) is 12.3. The summed E-state index contributed by atoms with van der Waals surface area (Å²) in [5, 5.41) is 6.00. The topological polar surface area (TPSA) is 37.6 Å². The Hall–Kier alpha value is -0.760. The summed E-state index contributed by atoms with van der Waals surface area (Å²) in [5.74, 6) is 0.535. The molecule has 0 spiro atoms. The Bertz CT molecular complexity index is 594. The Morgan fingerprint density at radius 3 is 2.52 bits per heavy atom. The van der Waals surface area contributed by atoms with E-state index in [9.17, 15) is 4.91 Å². The Morgan fingerprint density at radius 1 is 1.24 bits per heavy atom. The average Bonchev–Trinajstić information content (AvgIpc) is 2.96. The Morgan fingerprint density at radius 2 is 1.90 bits per heavy atom. The van der Waals surface area contributed by atoms with Crippen LogP contribution in [0.1, 0.15) is 38.2 Å². The molecule has 3 rings (SSSR count). The lowest BCUT2D eigenvalue weighted by Gasteiger charge is -2.27. The van der Waals surface area contributed by atoms with Gasteiger partial charge in [-0.05, 0) is 30.4 Å². The van der Waals surface area contributed by atoms with E-state index in [2.05, 4.69) is 60.9 Å². The second-order valence-corrected chi connectivity index (χ2v) is 6.52. The monoisotopic (exact) mass is 417 g/mol. The van der Waals surface area contributed by atoms with Gasteiger partial charge in [0.05, 0.1) is 10.8 Å². The van der Waals surface area contributed by atoms with Crippen LogP contribution in [0.15, 0.2) is 35.7 Å². The van der Waals surface area contributed by atoms with Crippen molar-refractivity contribution in [3.05, 3.63) is 40.9 Å². The summed E-state index contributed by atoms with van der Waals surface area (Å²) in [5.41, 5.74) is 2.68. The summed E-state index contributed by atoms with van der Waals surface area (Å²) < 4.78 is 2.22. The normalized spacial score (nSPS) is 15.7. The Kier molecular flexibility index (Phi) is 6.35. The summed E-state index contributed by atoms with van der Waals surface area (Å²) >= 11 is 2.31. The van der Waals surface area contributed by atoms with Crippen LogP contribution in [0.4, 0.5) is 0 Å². The molecule has 2 heterocycles. The summed E-state index contributed by atoms with van der Waals surface area (Å²) in [4.78, 5) is 10.5. The largest absolute Gasteiger partial charge is 0.282 e. The average molecular weight is 417 g/mol. The molecule has 114 valence electrons. The highest BCUT2D eigenvalue weighted by molar-refractivity contribution is 14.2. The van der Waals surface area contributed by atoms with E-state index in [0.717, 1.165) is 25.9 Å². The van der Waals surface area contributed by atoms with Crippen molar-refractivity contribution >= 4 is 41.2 Å². The highest BCUT2D eigenvalue weighted by Crippen LogP contribution is 2.36. The van der Waals surface area contributed by atoms with Gasteiger partial charge in [-0.25, -0.2) is 0 Å². The Balaban J connectivity index is 0.000000774. The molecule has 21 heavy (non-hydrogen) atoms. The van der Waals surface area contributed by atoms with Gasteiger partial charge in [0.2, 0.25) is 0 Å². The van der Waals surface area contributed by atoms with Crippen molar-refractivity contribution in [3.8, 4) is 0 Å². The molecule has 0 bridgehead atoms. The molecular formula is C15H20IN3OS. The van der Waals surface area contributed by atoms with Crippen molar-refractivity contribution in [1.82, 2.24) is 8.98 Å². The lowest BCUT2D eigenvalue weighted by Crippen LogP contribution is -2.28. The highest BCUT2D eigenvalue weighted by atomic mass is 127. The number of piperidine rings is 1. The van der Waals surface area contributed by atoms with Crippen LogP contribution < -0.4 is 0 Å². The molecule has 1 aliphatic rings. The number of rotatable bonds is 3. The van der Waals surface area contributed by atoms with Gasteiger partial charge in [-0.1, -0.05) is 32.0 Å². The minimum atomic E-state index is 0.535. The molecule has 0 unspecified atom stereocenters. The zero-order valence-corrected chi connectivity index (χ0v) is 15.3. The number of hydrogen-bond acceptors (Lipinski definition) is 3. The molecule has 0 N–H and O–H groups in total. The van der Waals surface area contributed by atoms with Gasteiger partial charge in [-0.3, -0.25) is 8.98 Å². The van der Waals surface area contributed by atoms with Crippen LogP contribution in [0.2, 0.25) is 0 Å². The minimum absolute atomic E-state index is 0.535. The number of benzene rings is 1. The summed E-state index contributed by atoms with van der Waals surface area (Å²) in [6.07, 6.45) is 4.26. The molecule has 2 aromatic rings. The third kappa shape index (κ3) is 3.53. The molecule has 1 saturated heterocycles. The van der Waals surface area contributed by atoms with Crippen molar-refractivity contribution in [2.24, 2.45) is 5.29 Å². The van der Waals surface area contributed by atoms with E-state index < -0.39 is 0 Å². The summed E-state index contributed by atoms with van der Waals surface area (Å²) in [7, 11) is 1.70. The van der Waals surface area contributed by atoms with E-state index in [1.165, 1.54) is 16.5 Å². The summed E-state index contributed by atoms with van der Waals surface area (Å²) in [6, 6.07) is 8.52. The van der Waals surface area contributed by atoms with E-state index in [1.54, 1.807) is 14.1 Å². The fourth-order valence-corrected chi connectivity index (χ4v) is 4.18. The number of nitrogens with zero attached hydrogens (tertiary/aromatic N) is 3. The predicted molar refractivity (Wildman–Crippen MR) is 99.6 cm³/mol. The van der Waals surface area contributed by atoms with Gasteiger partial charge in [0.25, 0.3) is 0 Å². The van der Waals surface area contributed by atoms with Crippen molar-refractivity contribution in [1.29, 1.82) is 0 Å². The van der Waals surface area contributed by atoms with Gasteiger partial charge in [0.15, 0.2) is 0 Å². The number of hydrogen-bond donors (Lipinski definition) is 0. The third-order valence-corrected chi connectivity index (χ3v) is 5.53. The maximum atomic E-state index is 10.5. The first-order valence-corrected chi connectivity index (χ1v) is 10.6. The maximum absolute atomic E-state index is 10.5. The first-order chi connectivity index (χ1) is 10.3. The van der Waals surface area contributed by atoms with E-state index in [0.29, 0.717) is 5.92 Å². The lowest BCUT2D eigenvalue weighted by atomic mass is 9.90. The molecule has 1 fully saturated rings. The van der Waals surface area contributed by atoms with E-state index in [1.807, 2.05) is 13.8 Å². The smallest absolute Gasteiger partial charge is 0.0601 e. The Labute approximate surface area is 141 Å². The predicted octanol–water partition coefficient (Wildman–Crippen LogP) is 5.37. The minimum Gasteiger partial charge on any atom is -0.282 e. The SMILES string of the molecule is CC.O=NN1CCC(c2cn(SI)c3ccccc23)CC1. The molecule has 0 radical (unpaired) electrons. The molecule has 1 aliphatic heterocycles. The van der Waals surface area contributed by atoms with Crippen molar-refractivity contribution in [2.45, 2.75) is 32.6 Å². The van der Waals surface area contributed by atoms with Gasteiger partial charge in [0.1, 0.15) is 0 Å². The maximum Gasteiger partial charge on any atom is 0.0601 e. The molecule has 0 atom stereocenters. The van der Waals surface area contributed by atoms with Crippen LogP contribution in [0.3, 0.4) is 0 Å². The van der Waals surface area contributed by atoms with Crippen LogP contribution in [0, 0.1) is 4.91 Å². The highest BCUT2D eigenvalue weighted by Gasteiger charge is 2.23. The zero-order chi connectivity index (χ0) is 15.2. The molecule has 1 aromatic heterocycles. The molecule has 0 aliphatic carbocycles. The molecule has 0 saturated carbocycles.